The quantitative estimate of drug-likeness (QED) is 0.472. The molecule has 0 saturated heterocycles. The molecule has 0 aliphatic heterocycles. The first-order valence-corrected chi connectivity index (χ1v) is 6.62. The van der Waals surface area contributed by atoms with Crippen molar-refractivity contribution in [3.05, 3.63) is 37.0 Å². The van der Waals surface area contributed by atoms with E-state index >= 15 is 0 Å². The Hall–Kier alpha value is -0.630. The van der Waals surface area contributed by atoms with Gasteiger partial charge >= 0.3 is 7.60 Å². The van der Waals surface area contributed by atoms with Crippen molar-refractivity contribution < 1.29 is 13.6 Å². The van der Waals surface area contributed by atoms with Gasteiger partial charge in [-0.05, 0) is 13.8 Å². The maximum Gasteiger partial charge on any atom is 0.335 e. The maximum absolute atomic E-state index is 12.0. The molecular formula is C11H19O3P. The van der Waals surface area contributed by atoms with Crippen LogP contribution in [0.1, 0.15) is 13.8 Å². The fourth-order valence-electron chi connectivity index (χ4n) is 0.806. The van der Waals surface area contributed by atoms with E-state index in [2.05, 4.69) is 6.58 Å². The number of rotatable bonds is 8. The summed E-state index contributed by atoms with van der Waals surface area (Å²) in [6, 6.07) is 0. The van der Waals surface area contributed by atoms with E-state index in [-0.39, 0.29) is 6.16 Å². The second kappa shape index (κ2) is 8.66. The standard InChI is InChI=1S/C11H19O3P/c1-4-7-9-13-15(12,11-6-3)14-10-8-5-2/h4-8H,3,9-11H2,1-2H3/b7-4+,8-5+. The van der Waals surface area contributed by atoms with Crippen molar-refractivity contribution in [1.82, 2.24) is 0 Å². The summed E-state index contributed by atoms with van der Waals surface area (Å²) < 4.78 is 22.4. The Morgan fingerprint density at radius 2 is 1.60 bits per heavy atom. The van der Waals surface area contributed by atoms with Crippen LogP contribution in [0, 0.1) is 0 Å². The summed E-state index contributed by atoms with van der Waals surface area (Å²) in [6.45, 7) is 7.89. The van der Waals surface area contributed by atoms with Crippen LogP contribution in [0.3, 0.4) is 0 Å². The summed E-state index contributed by atoms with van der Waals surface area (Å²) in [7, 11) is -3.00. The number of hydrogen-bond donors (Lipinski definition) is 0. The van der Waals surface area contributed by atoms with Crippen molar-refractivity contribution in [3.8, 4) is 0 Å². The monoisotopic (exact) mass is 230 g/mol. The molecule has 0 unspecified atom stereocenters. The molecular weight excluding hydrogens is 211 g/mol. The van der Waals surface area contributed by atoms with Gasteiger partial charge in [0.05, 0.1) is 19.4 Å². The fraction of sp³-hybridized carbons (Fsp3) is 0.455. The summed E-state index contributed by atoms with van der Waals surface area (Å²) in [5, 5.41) is 0. The van der Waals surface area contributed by atoms with Gasteiger partial charge in [0.1, 0.15) is 0 Å². The average Bonchev–Trinajstić information content (AvgIpc) is 2.19. The molecule has 4 heteroatoms. The molecule has 0 aliphatic rings. The molecule has 0 fully saturated rings. The van der Waals surface area contributed by atoms with Gasteiger partial charge in [0.25, 0.3) is 0 Å². The second-order valence-corrected chi connectivity index (χ2v) is 4.92. The Labute approximate surface area is 92.0 Å². The normalized spacial score (nSPS) is 12.7. The van der Waals surface area contributed by atoms with E-state index in [0.717, 1.165) is 0 Å². The first-order valence-electron chi connectivity index (χ1n) is 4.90. The van der Waals surface area contributed by atoms with Crippen molar-refractivity contribution in [3.63, 3.8) is 0 Å². The topological polar surface area (TPSA) is 35.5 Å². The van der Waals surface area contributed by atoms with E-state index in [9.17, 15) is 4.57 Å². The van der Waals surface area contributed by atoms with Gasteiger partial charge in [0.15, 0.2) is 0 Å². The van der Waals surface area contributed by atoms with E-state index in [1.54, 1.807) is 18.2 Å². The third-order valence-electron chi connectivity index (χ3n) is 1.56. The third kappa shape index (κ3) is 7.32. The van der Waals surface area contributed by atoms with Crippen LogP contribution >= 0.6 is 7.60 Å². The van der Waals surface area contributed by atoms with Gasteiger partial charge in [-0.1, -0.05) is 30.4 Å². The van der Waals surface area contributed by atoms with Crippen LogP contribution < -0.4 is 0 Å². The fourth-order valence-corrected chi connectivity index (χ4v) is 2.03. The van der Waals surface area contributed by atoms with Crippen LogP contribution in [0.5, 0.6) is 0 Å². The Kier molecular flexibility index (Phi) is 8.30. The molecule has 0 atom stereocenters. The van der Waals surface area contributed by atoms with Crippen LogP contribution in [0.2, 0.25) is 0 Å². The van der Waals surface area contributed by atoms with Crippen molar-refractivity contribution in [2.45, 2.75) is 13.8 Å². The lowest BCUT2D eigenvalue weighted by Gasteiger charge is -2.15. The van der Waals surface area contributed by atoms with Gasteiger partial charge < -0.3 is 9.05 Å². The molecule has 0 aromatic heterocycles. The summed E-state index contributed by atoms with van der Waals surface area (Å²) in [5.74, 6) is 0. The molecule has 0 aromatic carbocycles. The summed E-state index contributed by atoms with van der Waals surface area (Å²) in [6.07, 6.45) is 9.03. The van der Waals surface area contributed by atoms with Crippen molar-refractivity contribution in [2.75, 3.05) is 19.4 Å². The molecule has 3 nitrogen and oxygen atoms in total. The van der Waals surface area contributed by atoms with Crippen molar-refractivity contribution >= 4 is 7.60 Å². The smallest absolute Gasteiger partial charge is 0.304 e. The Balaban J connectivity index is 4.17. The zero-order valence-corrected chi connectivity index (χ0v) is 10.3. The lowest BCUT2D eigenvalue weighted by atomic mass is 10.6. The molecule has 0 rings (SSSR count). The van der Waals surface area contributed by atoms with Crippen LogP contribution in [0.15, 0.2) is 37.0 Å². The zero-order valence-electron chi connectivity index (χ0n) is 9.39. The van der Waals surface area contributed by atoms with Gasteiger partial charge in [-0.25, -0.2) is 0 Å². The molecule has 0 spiro atoms. The molecule has 15 heavy (non-hydrogen) atoms. The third-order valence-corrected chi connectivity index (χ3v) is 3.35. The van der Waals surface area contributed by atoms with Gasteiger partial charge in [0, 0.05) is 0 Å². The van der Waals surface area contributed by atoms with E-state index < -0.39 is 7.60 Å². The zero-order chi connectivity index (χ0) is 11.6. The highest BCUT2D eigenvalue weighted by molar-refractivity contribution is 7.54. The molecule has 0 aromatic rings. The van der Waals surface area contributed by atoms with Crippen LogP contribution in [-0.2, 0) is 13.6 Å². The predicted octanol–water partition coefficient (Wildman–Crippen LogP) is 3.55. The van der Waals surface area contributed by atoms with E-state index in [0.29, 0.717) is 13.2 Å². The number of allylic oxidation sites excluding steroid dienone is 3. The first-order chi connectivity index (χ1) is 7.18. The molecule has 86 valence electrons. The number of hydrogen-bond acceptors (Lipinski definition) is 3. The highest BCUT2D eigenvalue weighted by atomic mass is 31.2. The van der Waals surface area contributed by atoms with Crippen molar-refractivity contribution in [2.24, 2.45) is 0 Å². The van der Waals surface area contributed by atoms with Crippen LogP contribution in [0.4, 0.5) is 0 Å². The predicted molar refractivity (Wildman–Crippen MR) is 64.2 cm³/mol. The summed E-state index contributed by atoms with van der Waals surface area (Å²) >= 11 is 0. The molecule has 0 radical (unpaired) electrons. The molecule has 0 saturated carbocycles. The molecule has 0 N–H and O–H groups in total. The summed E-state index contributed by atoms with van der Waals surface area (Å²) in [5.41, 5.74) is 0. The van der Waals surface area contributed by atoms with Crippen LogP contribution in [-0.4, -0.2) is 19.4 Å². The maximum atomic E-state index is 12.0. The van der Waals surface area contributed by atoms with Crippen LogP contribution in [0.25, 0.3) is 0 Å². The Morgan fingerprint density at radius 1 is 1.13 bits per heavy atom. The largest absolute Gasteiger partial charge is 0.335 e. The van der Waals surface area contributed by atoms with Gasteiger partial charge in [-0.2, -0.15) is 0 Å². The molecule has 0 amide bonds. The molecule has 0 bridgehead atoms. The molecule has 0 aliphatic carbocycles. The van der Waals surface area contributed by atoms with E-state index in [4.69, 9.17) is 9.05 Å². The SMILES string of the molecule is C=CCP(=O)(OC/C=C/C)OC/C=C/C. The highest BCUT2D eigenvalue weighted by Crippen LogP contribution is 2.47. The lowest BCUT2D eigenvalue weighted by Crippen LogP contribution is -1.99. The van der Waals surface area contributed by atoms with Gasteiger partial charge in [-0.3, -0.25) is 4.57 Å². The Morgan fingerprint density at radius 3 is 1.93 bits per heavy atom. The minimum absolute atomic E-state index is 0.238. The lowest BCUT2D eigenvalue weighted by molar-refractivity contribution is 0.239. The molecule has 0 heterocycles. The van der Waals surface area contributed by atoms with E-state index in [1.165, 1.54) is 0 Å². The van der Waals surface area contributed by atoms with E-state index in [1.807, 2.05) is 26.0 Å². The Bertz CT molecular complexity index is 249. The summed E-state index contributed by atoms with van der Waals surface area (Å²) in [4.78, 5) is 0. The van der Waals surface area contributed by atoms with Gasteiger partial charge in [0.2, 0.25) is 0 Å². The second-order valence-electron chi connectivity index (χ2n) is 2.81. The minimum Gasteiger partial charge on any atom is -0.304 e. The van der Waals surface area contributed by atoms with Gasteiger partial charge in [-0.15, -0.1) is 6.58 Å². The first kappa shape index (κ1) is 14.4. The van der Waals surface area contributed by atoms with Crippen molar-refractivity contribution in [1.29, 1.82) is 0 Å². The highest BCUT2D eigenvalue weighted by Gasteiger charge is 2.21. The minimum atomic E-state index is -3.00. The average molecular weight is 230 g/mol.